The second kappa shape index (κ2) is 9.67. The Morgan fingerprint density at radius 3 is 2.54 bits per heavy atom. The van der Waals surface area contributed by atoms with Crippen LogP contribution in [0, 0.1) is 34.5 Å². The number of aliphatic hydroxyl groups excluding tert-OH is 1. The van der Waals surface area contributed by atoms with E-state index in [1.807, 2.05) is 0 Å². The lowest BCUT2D eigenvalue weighted by Crippen LogP contribution is -2.68. The van der Waals surface area contributed by atoms with Gasteiger partial charge in [0.1, 0.15) is 12.2 Å². The van der Waals surface area contributed by atoms with E-state index in [0.29, 0.717) is 16.8 Å². The van der Waals surface area contributed by atoms with Crippen molar-refractivity contribution >= 4 is 22.7 Å². The van der Waals surface area contributed by atoms with E-state index in [2.05, 4.69) is 0 Å². The summed E-state index contributed by atoms with van der Waals surface area (Å²) in [6.45, 7) is 2.01. The summed E-state index contributed by atoms with van der Waals surface area (Å²) in [6, 6.07) is -1.05. The molecule has 0 aromatic rings. The Morgan fingerprint density at radius 2 is 1.92 bits per heavy atom. The number of rotatable bonds is 6. The van der Waals surface area contributed by atoms with Crippen molar-refractivity contribution in [1.82, 2.24) is 5.06 Å². The molecule has 0 saturated heterocycles. The van der Waals surface area contributed by atoms with E-state index in [0.717, 1.165) is 12.2 Å². The quantitative estimate of drug-likeness (QED) is 0.356. The van der Waals surface area contributed by atoms with Gasteiger partial charge in [-0.25, -0.2) is 13.2 Å². The van der Waals surface area contributed by atoms with Crippen molar-refractivity contribution in [2.24, 2.45) is 34.5 Å². The van der Waals surface area contributed by atoms with Crippen LogP contribution in [0.4, 0.5) is 26.3 Å². The Bertz CT molecular complexity index is 1010. The van der Waals surface area contributed by atoms with Gasteiger partial charge in [-0.1, -0.05) is 24.8 Å². The third kappa shape index (κ3) is 4.59. The van der Waals surface area contributed by atoms with Crippen LogP contribution in [0.15, 0.2) is 23.8 Å². The van der Waals surface area contributed by atoms with Gasteiger partial charge in [0.05, 0.1) is 12.5 Å². The minimum absolute atomic E-state index is 0.0507. The molecule has 5 nitrogen and oxygen atoms in total. The molecule has 9 atom stereocenters. The van der Waals surface area contributed by atoms with Crippen LogP contribution < -0.4 is 0 Å². The standard InChI is InChI=1S/C25H31F6NO4S/c1-22-10-19(34)25(31)16(9-18(27)17-8-14(33)3-4-23(17,25)2)15(22)7-13(20(22)21(35)37-12-26)11-32(36)6-5-24(28,29)30/h3-4,8,13,15-16,18-20,34,36H,5-7,9-12H2,1-2H3/t13-,15-,16-,18-,19-,20+,22-,23-,25-/m0/s1. The van der Waals surface area contributed by atoms with Crippen LogP contribution in [-0.2, 0) is 9.59 Å². The number of hydrogen-bond acceptors (Lipinski definition) is 6. The number of nitrogens with zero attached hydrogens (tertiary/aromatic N) is 1. The Hall–Kier alpha value is -1.37. The molecule has 0 aromatic heterocycles. The molecule has 37 heavy (non-hydrogen) atoms. The highest BCUT2D eigenvalue weighted by atomic mass is 32.2. The first kappa shape index (κ1) is 28.6. The molecular weight excluding hydrogens is 524 g/mol. The molecule has 208 valence electrons. The zero-order chi connectivity index (χ0) is 27.6. The largest absolute Gasteiger partial charge is 0.390 e. The molecule has 0 unspecified atom stereocenters. The van der Waals surface area contributed by atoms with Gasteiger partial charge in [-0.15, -0.1) is 0 Å². The minimum atomic E-state index is -4.51. The minimum Gasteiger partial charge on any atom is -0.390 e. The molecule has 0 heterocycles. The summed E-state index contributed by atoms with van der Waals surface area (Å²) in [5, 5.41) is 21.4. The number of ketones is 1. The van der Waals surface area contributed by atoms with Crippen molar-refractivity contribution in [2.45, 2.75) is 63.7 Å². The lowest BCUT2D eigenvalue weighted by Gasteiger charge is -2.62. The van der Waals surface area contributed by atoms with Crippen LogP contribution in [0.2, 0.25) is 0 Å². The number of thioether (sulfide) groups is 1. The summed E-state index contributed by atoms with van der Waals surface area (Å²) in [5.41, 5.74) is -5.16. The van der Waals surface area contributed by atoms with Crippen molar-refractivity contribution in [3.05, 3.63) is 23.8 Å². The molecule has 4 rings (SSSR count). The van der Waals surface area contributed by atoms with Gasteiger partial charge in [0, 0.05) is 30.3 Å². The van der Waals surface area contributed by atoms with E-state index in [4.69, 9.17) is 0 Å². The Kier molecular flexibility index (Phi) is 7.49. The number of allylic oxidation sites excluding steroid dienone is 4. The molecule has 3 fully saturated rings. The number of carbonyl (C=O) groups excluding carboxylic acids is 2. The Labute approximate surface area is 215 Å². The highest BCUT2D eigenvalue weighted by Crippen LogP contribution is 2.70. The normalized spacial score (nSPS) is 43.3. The molecule has 2 N–H and O–H groups in total. The number of fused-ring (bicyclic) bond motifs is 5. The summed E-state index contributed by atoms with van der Waals surface area (Å²) >= 11 is 0.386. The zero-order valence-electron chi connectivity index (χ0n) is 20.5. The van der Waals surface area contributed by atoms with Crippen LogP contribution in [0.1, 0.15) is 39.5 Å². The van der Waals surface area contributed by atoms with Gasteiger partial charge in [0.15, 0.2) is 16.6 Å². The first-order chi connectivity index (χ1) is 17.1. The predicted octanol–water partition coefficient (Wildman–Crippen LogP) is 4.98. The first-order valence-corrected chi connectivity index (χ1v) is 13.3. The second-order valence-electron chi connectivity index (χ2n) is 11.3. The maximum absolute atomic E-state index is 17.2. The van der Waals surface area contributed by atoms with Crippen LogP contribution in [0.5, 0.6) is 0 Å². The maximum atomic E-state index is 17.2. The fraction of sp³-hybridized carbons (Fsp3) is 0.760. The van der Waals surface area contributed by atoms with Gasteiger partial charge in [-0.05, 0) is 61.2 Å². The van der Waals surface area contributed by atoms with Gasteiger partial charge in [-0.2, -0.15) is 18.2 Å². The van der Waals surface area contributed by atoms with E-state index in [1.165, 1.54) is 13.0 Å². The highest BCUT2D eigenvalue weighted by Gasteiger charge is 2.73. The number of alkyl halides is 6. The molecule has 0 aliphatic heterocycles. The SMILES string of the molecule is C[C@]12C[C@H](O)[C@@]3(F)[C@@H](C[C@H](F)C4=CC(=O)C=C[C@@]43C)[C@@H]1C[C@@H](CN(O)CCC(F)(F)F)[C@@H]2C(=O)SCF. The summed E-state index contributed by atoms with van der Waals surface area (Å²) in [4.78, 5) is 25.0. The number of aliphatic hydroxyl groups is 1. The fourth-order valence-electron chi connectivity index (χ4n) is 7.79. The van der Waals surface area contributed by atoms with Crippen molar-refractivity contribution < 1.29 is 46.2 Å². The lowest BCUT2D eigenvalue weighted by molar-refractivity contribution is -0.201. The van der Waals surface area contributed by atoms with Crippen molar-refractivity contribution in [2.75, 3.05) is 19.1 Å². The molecular formula is C25H31F6NO4S. The molecule has 0 bridgehead atoms. The van der Waals surface area contributed by atoms with E-state index < -0.39 is 88.5 Å². The van der Waals surface area contributed by atoms with Crippen molar-refractivity contribution in [1.29, 1.82) is 0 Å². The van der Waals surface area contributed by atoms with Gasteiger partial charge >= 0.3 is 6.18 Å². The summed E-state index contributed by atoms with van der Waals surface area (Å²) < 4.78 is 83.9. The third-order valence-electron chi connectivity index (χ3n) is 9.35. The van der Waals surface area contributed by atoms with Crippen molar-refractivity contribution in [3.63, 3.8) is 0 Å². The van der Waals surface area contributed by atoms with E-state index in [9.17, 15) is 37.5 Å². The zero-order valence-corrected chi connectivity index (χ0v) is 21.3. The van der Waals surface area contributed by atoms with Gasteiger partial charge in [-0.3, -0.25) is 9.59 Å². The van der Waals surface area contributed by atoms with Crippen LogP contribution in [-0.4, -0.2) is 69.5 Å². The molecule has 0 spiro atoms. The fourth-order valence-corrected chi connectivity index (χ4v) is 8.54. The van der Waals surface area contributed by atoms with Gasteiger partial charge < -0.3 is 10.3 Å². The summed E-state index contributed by atoms with van der Waals surface area (Å²) in [6.07, 6.45) is -6.13. The number of halogens is 6. The van der Waals surface area contributed by atoms with Crippen LogP contribution in [0.25, 0.3) is 0 Å². The smallest absolute Gasteiger partial charge is 0.390 e. The Morgan fingerprint density at radius 1 is 1.24 bits per heavy atom. The Balaban J connectivity index is 1.71. The summed E-state index contributed by atoms with van der Waals surface area (Å²) in [7, 11) is 0. The van der Waals surface area contributed by atoms with Gasteiger partial charge in [0.2, 0.25) is 0 Å². The maximum Gasteiger partial charge on any atom is 0.390 e. The number of hydroxylamine groups is 2. The van der Waals surface area contributed by atoms with Crippen molar-refractivity contribution in [3.8, 4) is 0 Å². The average molecular weight is 556 g/mol. The number of carbonyl (C=O) groups is 2. The third-order valence-corrected chi connectivity index (χ3v) is 10.00. The summed E-state index contributed by atoms with van der Waals surface area (Å²) in [5.74, 6) is -4.01. The topological polar surface area (TPSA) is 77.8 Å². The van der Waals surface area contributed by atoms with Crippen LogP contribution >= 0.6 is 11.8 Å². The molecule has 12 heteroatoms. The van der Waals surface area contributed by atoms with E-state index >= 15 is 8.78 Å². The first-order valence-electron chi connectivity index (χ1n) is 12.3. The van der Waals surface area contributed by atoms with E-state index in [1.54, 1.807) is 6.92 Å². The molecule has 3 saturated carbocycles. The highest BCUT2D eigenvalue weighted by molar-refractivity contribution is 8.13. The molecule has 0 amide bonds. The van der Waals surface area contributed by atoms with E-state index in [-0.39, 0.29) is 31.4 Å². The molecule has 0 aromatic carbocycles. The van der Waals surface area contributed by atoms with Crippen LogP contribution in [0.3, 0.4) is 0 Å². The predicted molar refractivity (Wildman–Crippen MR) is 124 cm³/mol. The van der Waals surface area contributed by atoms with Gasteiger partial charge in [0.25, 0.3) is 0 Å². The average Bonchev–Trinajstić information content (AvgIpc) is 3.07. The molecule has 4 aliphatic rings. The monoisotopic (exact) mass is 555 g/mol. The number of hydrogen-bond donors (Lipinski definition) is 2. The second-order valence-corrected chi connectivity index (χ2v) is 12.2. The molecule has 0 radical (unpaired) electrons. The lowest BCUT2D eigenvalue weighted by atomic mass is 9.45. The molecule has 4 aliphatic carbocycles.